The zero-order chi connectivity index (χ0) is 23.7. The molecule has 7 heteroatoms. The van der Waals surface area contributed by atoms with E-state index in [1.54, 1.807) is 70.1 Å². The lowest BCUT2D eigenvalue weighted by Crippen LogP contribution is -2.50. The lowest BCUT2D eigenvalue weighted by molar-refractivity contribution is -0.130. The maximum absolute atomic E-state index is 14.4. The van der Waals surface area contributed by atoms with Crippen LogP contribution in [0.3, 0.4) is 0 Å². The Bertz CT molecular complexity index is 1330. The van der Waals surface area contributed by atoms with Crippen LogP contribution in [-0.2, 0) is 11.3 Å². The first-order valence-electron chi connectivity index (χ1n) is 11.3. The van der Waals surface area contributed by atoms with E-state index in [1.807, 2.05) is 6.07 Å². The molecule has 2 aliphatic rings. The Hall–Kier alpha value is -4.00. The molecule has 0 spiro atoms. The predicted molar refractivity (Wildman–Crippen MR) is 126 cm³/mol. The predicted octanol–water partition coefficient (Wildman–Crippen LogP) is 3.40. The molecular formula is C27H24FN3O3. The summed E-state index contributed by atoms with van der Waals surface area (Å²) in [4.78, 5) is 40.5. The average Bonchev–Trinajstić information content (AvgIpc) is 2.85. The summed E-state index contributed by atoms with van der Waals surface area (Å²) in [6, 6.07) is 19.9. The van der Waals surface area contributed by atoms with Crippen LogP contribution < -0.4 is 10.9 Å². The van der Waals surface area contributed by atoms with Crippen molar-refractivity contribution < 1.29 is 14.0 Å². The van der Waals surface area contributed by atoms with Crippen molar-refractivity contribution in [2.24, 2.45) is 5.92 Å². The van der Waals surface area contributed by atoms with Gasteiger partial charge in [-0.1, -0.05) is 42.5 Å². The third-order valence-corrected chi connectivity index (χ3v) is 6.49. The van der Waals surface area contributed by atoms with Crippen molar-refractivity contribution in [3.05, 3.63) is 111 Å². The van der Waals surface area contributed by atoms with E-state index < -0.39 is 11.7 Å². The molecule has 6 nitrogen and oxygen atoms in total. The highest BCUT2D eigenvalue weighted by molar-refractivity contribution is 6.05. The van der Waals surface area contributed by atoms with Gasteiger partial charge in [0.1, 0.15) is 11.5 Å². The van der Waals surface area contributed by atoms with E-state index in [2.05, 4.69) is 5.32 Å². The zero-order valence-electron chi connectivity index (χ0n) is 18.5. The molecule has 0 unspecified atom stereocenters. The Morgan fingerprint density at radius 1 is 0.912 bits per heavy atom. The number of carbonyl (C=O) groups is 2. The zero-order valence-corrected chi connectivity index (χ0v) is 18.5. The van der Waals surface area contributed by atoms with Gasteiger partial charge in [-0.2, -0.15) is 0 Å². The molecule has 1 saturated heterocycles. The third kappa shape index (κ3) is 4.29. The van der Waals surface area contributed by atoms with E-state index in [1.165, 1.54) is 12.1 Å². The highest BCUT2D eigenvalue weighted by Crippen LogP contribution is 2.35. The Kier molecular flexibility index (Phi) is 5.84. The van der Waals surface area contributed by atoms with Gasteiger partial charge < -0.3 is 14.8 Å². The number of nitrogens with zero attached hydrogens (tertiary/aromatic N) is 2. The van der Waals surface area contributed by atoms with Crippen LogP contribution in [0.5, 0.6) is 0 Å². The second kappa shape index (κ2) is 9.09. The molecule has 2 bridgehead atoms. The molecule has 2 aliphatic heterocycles. The molecule has 0 radical (unpaired) electrons. The number of fused-ring (bicyclic) bond motifs is 4. The molecule has 3 heterocycles. The Morgan fingerprint density at radius 2 is 1.68 bits per heavy atom. The summed E-state index contributed by atoms with van der Waals surface area (Å²) >= 11 is 0. The van der Waals surface area contributed by atoms with Crippen molar-refractivity contribution >= 4 is 17.9 Å². The molecule has 1 N–H and O–H groups in total. The number of likely N-dealkylation sites (tertiary alicyclic amines) is 1. The van der Waals surface area contributed by atoms with Crippen LogP contribution >= 0.6 is 0 Å². The normalized spacial score (nSPS) is 19.3. The Balaban J connectivity index is 1.45. The van der Waals surface area contributed by atoms with Crippen molar-refractivity contribution in [3.63, 3.8) is 0 Å². The molecule has 5 rings (SSSR count). The van der Waals surface area contributed by atoms with E-state index in [4.69, 9.17) is 0 Å². The Labute approximate surface area is 196 Å². The molecule has 3 aromatic rings. The van der Waals surface area contributed by atoms with Crippen LogP contribution in [0.25, 0.3) is 6.08 Å². The lowest BCUT2D eigenvalue weighted by Gasteiger charge is -2.43. The second-order valence-electron chi connectivity index (χ2n) is 8.81. The lowest BCUT2D eigenvalue weighted by atomic mass is 9.83. The molecule has 2 amide bonds. The van der Waals surface area contributed by atoms with E-state index in [-0.39, 0.29) is 34.6 Å². The maximum Gasteiger partial charge on any atom is 0.270 e. The largest absolute Gasteiger partial charge is 0.336 e. The number of halogens is 1. The maximum atomic E-state index is 14.4. The summed E-state index contributed by atoms with van der Waals surface area (Å²) in [5, 5.41) is 2.71. The van der Waals surface area contributed by atoms with Crippen LogP contribution in [0, 0.1) is 11.7 Å². The van der Waals surface area contributed by atoms with Gasteiger partial charge in [0, 0.05) is 48.4 Å². The average molecular weight is 458 g/mol. The first kappa shape index (κ1) is 21.8. The first-order chi connectivity index (χ1) is 16.5. The fourth-order valence-electron chi connectivity index (χ4n) is 4.92. The van der Waals surface area contributed by atoms with Crippen LogP contribution in [-0.4, -0.2) is 34.4 Å². The third-order valence-electron chi connectivity index (χ3n) is 6.49. The van der Waals surface area contributed by atoms with Crippen LogP contribution in [0.1, 0.15) is 34.0 Å². The van der Waals surface area contributed by atoms with Gasteiger partial charge in [-0.05, 0) is 42.7 Å². The second-order valence-corrected chi connectivity index (χ2v) is 8.81. The number of aromatic nitrogens is 1. The first-order valence-corrected chi connectivity index (χ1v) is 11.3. The summed E-state index contributed by atoms with van der Waals surface area (Å²) < 4.78 is 16.2. The summed E-state index contributed by atoms with van der Waals surface area (Å²) in [6.07, 6.45) is 2.29. The smallest absolute Gasteiger partial charge is 0.270 e. The van der Waals surface area contributed by atoms with E-state index >= 15 is 0 Å². The number of rotatable bonds is 4. The molecule has 0 aliphatic carbocycles. The van der Waals surface area contributed by atoms with Gasteiger partial charge in [0.05, 0.1) is 0 Å². The molecule has 172 valence electrons. The summed E-state index contributed by atoms with van der Waals surface area (Å²) in [5.41, 5.74) is 1.53. The SMILES string of the molecule is O=C(NC(=Cc1ccccc1F)C(=O)N1C[C@H]2C[C@H](C1)c1cccc(=O)n1C2)c1ccccc1. The van der Waals surface area contributed by atoms with Crippen LogP contribution in [0.4, 0.5) is 4.39 Å². The van der Waals surface area contributed by atoms with Crippen LogP contribution in [0.2, 0.25) is 0 Å². The van der Waals surface area contributed by atoms with E-state index in [0.717, 1.165) is 12.1 Å². The number of amides is 2. The fraction of sp³-hybridized carbons (Fsp3) is 0.222. The van der Waals surface area contributed by atoms with Crippen LogP contribution in [0.15, 0.2) is 83.3 Å². The van der Waals surface area contributed by atoms with Gasteiger partial charge in [0.2, 0.25) is 0 Å². The van der Waals surface area contributed by atoms with Gasteiger partial charge in [0.25, 0.3) is 17.4 Å². The standard InChI is InChI=1S/C27H24FN3O3/c28-22-10-5-4-9-20(22)14-23(29-26(33)19-7-2-1-3-8-19)27(34)30-15-18-13-21(17-30)24-11-6-12-25(32)31(24)16-18/h1-12,14,18,21H,13,15-17H2,(H,29,33)/t18-,21-/m1/s1. The number of carbonyl (C=O) groups excluding carboxylic acids is 2. The fourth-order valence-corrected chi connectivity index (χ4v) is 4.92. The van der Waals surface area contributed by atoms with Gasteiger partial charge in [-0.3, -0.25) is 14.4 Å². The van der Waals surface area contributed by atoms with Crippen molar-refractivity contribution in [2.75, 3.05) is 13.1 Å². The molecule has 1 aromatic heterocycles. The minimum atomic E-state index is -0.481. The summed E-state index contributed by atoms with van der Waals surface area (Å²) in [7, 11) is 0. The minimum absolute atomic E-state index is 0.0179. The quantitative estimate of drug-likeness (QED) is 0.611. The number of pyridine rings is 1. The molecule has 2 atom stereocenters. The molecule has 0 saturated carbocycles. The molecule has 34 heavy (non-hydrogen) atoms. The molecule has 2 aromatic carbocycles. The van der Waals surface area contributed by atoms with Crippen molar-refractivity contribution in [1.29, 1.82) is 0 Å². The van der Waals surface area contributed by atoms with Crippen molar-refractivity contribution in [2.45, 2.75) is 18.9 Å². The Morgan fingerprint density at radius 3 is 2.47 bits per heavy atom. The topological polar surface area (TPSA) is 71.4 Å². The molecular weight excluding hydrogens is 433 g/mol. The monoisotopic (exact) mass is 457 g/mol. The van der Waals surface area contributed by atoms with Crippen molar-refractivity contribution in [3.8, 4) is 0 Å². The van der Waals surface area contributed by atoms with Gasteiger partial charge in [-0.25, -0.2) is 4.39 Å². The number of benzene rings is 2. The minimum Gasteiger partial charge on any atom is -0.336 e. The van der Waals surface area contributed by atoms with E-state index in [0.29, 0.717) is 25.2 Å². The highest BCUT2D eigenvalue weighted by atomic mass is 19.1. The van der Waals surface area contributed by atoms with Gasteiger partial charge in [-0.15, -0.1) is 0 Å². The number of hydrogen-bond donors (Lipinski definition) is 1. The number of piperidine rings is 1. The number of hydrogen-bond acceptors (Lipinski definition) is 3. The summed E-state index contributed by atoms with van der Waals surface area (Å²) in [5.74, 6) is -1.12. The summed E-state index contributed by atoms with van der Waals surface area (Å²) in [6.45, 7) is 1.44. The number of nitrogens with one attached hydrogen (secondary N) is 1. The van der Waals surface area contributed by atoms with Crippen molar-refractivity contribution in [1.82, 2.24) is 14.8 Å². The molecule has 1 fully saturated rings. The van der Waals surface area contributed by atoms with E-state index in [9.17, 15) is 18.8 Å². The van der Waals surface area contributed by atoms with Gasteiger partial charge in [0.15, 0.2) is 0 Å². The van der Waals surface area contributed by atoms with Gasteiger partial charge >= 0.3 is 0 Å². The highest BCUT2D eigenvalue weighted by Gasteiger charge is 2.37.